The third kappa shape index (κ3) is 2.54. The Kier molecular flexibility index (Phi) is 3.45. The van der Waals surface area contributed by atoms with Crippen molar-refractivity contribution in [3.8, 4) is 5.75 Å². The lowest BCUT2D eigenvalue weighted by Gasteiger charge is -2.10. The molecule has 2 nitrogen and oxygen atoms in total. The van der Waals surface area contributed by atoms with Crippen LogP contribution in [0.4, 0.5) is 4.39 Å². The summed E-state index contributed by atoms with van der Waals surface area (Å²) in [6.45, 7) is 2.30. The lowest BCUT2D eigenvalue weighted by molar-refractivity contribution is 0.180. The number of ether oxygens (including phenoxy) is 1. The average Bonchev–Trinajstić information content (AvgIpc) is 2.79. The van der Waals surface area contributed by atoms with E-state index in [9.17, 15) is 9.50 Å². The van der Waals surface area contributed by atoms with Crippen LogP contribution in [-0.2, 0) is 13.0 Å². The summed E-state index contributed by atoms with van der Waals surface area (Å²) < 4.78 is 18.8. The first kappa shape index (κ1) is 13.1. The summed E-state index contributed by atoms with van der Waals surface area (Å²) in [6, 6.07) is 10.5. The van der Waals surface area contributed by atoms with Crippen LogP contribution >= 0.6 is 0 Å². The van der Waals surface area contributed by atoms with Crippen LogP contribution in [0.1, 0.15) is 34.8 Å². The Morgan fingerprint density at radius 3 is 2.90 bits per heavy atom. The number of aliphatic hydroxyl groups is 1. The molecule has 0 fully saturated rings. The Morgan fingerprint density at radius 1 is 1.25 bits per heavy atom. The van der Waals surface area contributed by atoms with Crippen molar-refractivity contribution >= 4 is 0 Å². The molecule has 1 aliphatic carbocycles. The largest absolute Gasteiger partial charge is 0.489 e. The fourth-order valence-corrected chi connectivity index (χ4v) is 2.64. The molecule has 3 heteroatoms. The number of halogens is 1. The minimum absolute atomic E-state index is 0.224. The monoisotopic (exact) mass is 272 g/mol. The minimum atomic E-state index is -0.335. The molecule has 1 N–H and O–H groups in total. The van der Waals surface area contributed by atoms with Gasteiger partial charge in [0.1, 0.15) is 18.2 Å². The van der Waals surface area contributed by atoms with Gasteiger partial charge in [0.25, 0.3) is 0 Å². The van der Waals surface area contributed by atoms with Gasteiger partial charge < -0.3 is 9.84 Å². The summed E-state index contributed by atoms with van der Waals surface area (Å²) in [6.07, 6.45) is 1.34. The second-order valence-electron chi connectivity index (χ2n) is 5.27. The Hall–Kier alpha value is -1.87. The van der Waals surface area contributed by atoms with Gasteiger partial charge in [-0.3, -0.25) is 0 Å². The van der Waals surface area contributed by atoms with Gasteiger partial charge in [0.2, 0.25) is 0 Å². The zero-order valence-corrected chi connectivity index (χ0v) is 11.4. The van der Waals surface area contributed by atoms with E-state index in [2.05, 4.69) is 0 Å². The standard InChI is InChI=1S/C17H17FO2/c1-11-8-14(18)4-2-13(11)10-20-15-5-6-16-12(9-15)3-7-17(16)19/h2,4-6,8-9,17,19H,3,7,10H2,1H3/t17-/m1/s1. The van der Waals surface area contributed by atoms with Gasteiger partial charge in [-0.15, -0.1) is 0 Å². The van der Waals surface area contributed by atoms with Gasteiger partial charge in [0.05, 0.1) is 6.10 Å². The Bertz CT molecular complexity index is 637. The van der Waals surface area contributed by atoms with E-state index in [0.29, 0.717) is 6.61 Å². The first-order chi connectivity index (χ1) is 9.63. The number of fused-ring (bicyclic) bond motifs is 1. The minimum Gasteiger partial charge on any atom is -0.489 e. The molecule has 0 spiro atoms. The molecule has 104 valence electrons. The first-order valence-electron chi connectivity index (χ1n) is 6.82. The van der Waals surface area contributed by atoms with E-state index in [-0.39, 0.29) is 11.9 Å². The lowest BCUT2D eigenvalue weighted by Crippen LogP contribution is -1.99. The maximum atomic E-state index is 13.0. The highest BCUT2D eigenvalue weighted by molar-refractivity contribution is 5.40. The van der Waals surface area contributed by atoms with E-state index in [0.717, 1.165) is 40.8 Å². The Morgan fingerprint density at radius 2 is 2.10 bits per heavy atom. The summed E-state index contributed by atoms with van der Waals surface area (Å²) in [5.74, 6) is 0.569. The van der Waals surface area contributed by atoms with Crippen molar-refractivity contribution in [3.63, 3.8) is 0 Å². The second-order valence-corrected chi connectivity index (χ2v) is 5.27. The first-order valence-corrected chi connectivity index (χ1v) is 6.82. The van der Waals surface area contributed by atoms with Gasteiger partial charge in [-0.2, -0.15) is 0 Å². The topological polar surface area (TPSA) is 29.5 Å². The van der Waals surface area contributed by atoms with E-state index in [1.807, 2.05) is 25.1 Å². The van der Waals surface area contributed by atoms with Crippen LogP contribution in [0.25, 0.3) is 0 Å². The molecule has 2 aromatic rings. The number of rotatable bonds is 3. The normalized spacial score (nSPS) is 17.1. The van der Waals surface area contributed by atoms with Gasteiger partial charge in [-0.25, -0.2) is 4.39 Å². The van der Waals surface area contributed by atoms with Gasteiger partial charge >= 0.3 is 0 Å². The molecule has 0 saturated heterocycles. The molecule has 20 heavy (non-hydrogen) atoms. The summed E-state index contributed by atoms with van der Waals surface area (Å²) in [4.78, 5) is 0. The molecule has 1 aliphatic rings. The van der Waals surface area contributed by atoms with E-state index in [1.165, 1.54) is 12.1 Å². The summed E-state index contributed by atoms with van der Waals surface area (Å²) >= 11 is 0. The van der Waals surface area contributed by atoms with Gasteiger partial charge in [0.15, 0.2) is 0 Å². The fourth-order valence-electron chi connectivity index (χ4n) is 2.64. The smallest absolute Gasteiger partial charge is 0.123 e. The maximum Gasteiger partial charge on any atom is 0.123 e. The average molecular weight is 272 g/mol. The molecule has 3 rings (SSSR count). The SMILES string of the molecule is Cc1cc(F)ccc1COc1ccc2c(c1)CC[C@H]2O. The number of hydrogen-bond acceptors (Lipinski definition) is 2. The van der Waals surface area contributed by atoms with E-state index < -0.39 is 0 Å². The summed E-state index contributed by atoms with van der Waals surface area (Å²) in [5.41, 5.74) is 4.04. The molecular formula is C17H17FO2. The van der Waals surface area contributed by atoms with Gasteiger partial charge in [-0.05, 0) is 66.3 Å². The van der Waals surface area contributed by atoms with Crippen molar-refractivity contribution in [3.05, 3.63) is 64.5 Å². The van der Waals surface area contributed by atoms with Crippen LogP contribution in [0.15, 0.2) is 36.4 Å². The molecule has 1 atom stereocenters. The number of hydrogen-bond donors (Lipinski definition) is 1. The fraction of sp³-hybridized carbons (Fsp3) is 0.294. The molecule has 0 saturated carbocycles. The third-order valence-corrected chi connectivity index (χ3v) is 3.86. The van der Waals surface area contributed by atoms with Crippen LogP contribution in [0.2, 0.25) is 0 Å². The molecule has 0 aliphatic heterocycles. The molecular weight excluding hydrogens is 255 g/mol. The van der Waals surface area contributed by atoms with E-state index >= 15 is 0 Å². The molecule has 0 heterocycles. The van der Waals surface area contributed by atoms with Crippen LogP contribution in [0.3, 0.4) is 0 Å². The highest BCUT2D eigenvalue weighted by Gasteiger charge is 2.20. The number of benzene rings is 2. The van der Waals surface area contributed by atoms with Crippen molar-refractivity contribution in [1.29, 1.82) is 0 Å². The maximum absolute atomic E-state index is 13.0. The molecule has 0 aromatic heterocycles. The molecule has 0 amide bonds. The second kappa shape index (κ2) is 5.25. The number of aryl methyl sites for hydroxylation is 2. The van der Waals surface area contributed by atoms with Crippen molar-refractivity contribution in [2.24, 2.45) is 0 Å². The predicted octanol–water partition coefficient (Wildman–Crippen LogP) is 3.69. The Labute approximate surface area is 117 Å². The summed E-state index contributed by atoms with van der Waals surface area (Å²) in [7, 11) is 0. The van der Waals surface area contributed by atoms with Crippen molar-refractivity contribution < 1.29 is 14.2 Å². The zero-order chi connectivity index (χ0) is 14.1. The molecule has 0 radical (unpaired) electrons. The van der Waals surface area contributed by atoms with Crippen LogP contribution < -0.4 is 4.74 Å². The highest BCUT2D eigenvalue weighted by atomic mass is 19.1. The van der Waals surface area contributed by atoms with Crippen LogP contribution in [0.5, 0.6) is 5.75 Å². The van der Waals surface area contributed by atoms with Crippen molar-refractivity contribution in [1.82, 2.24) is 0 Å². The van der Waals surface area contributed by atoms with Crippen molar-refractivity contribution in [2.75, 3.05) is 0 Å². The van der Waals surface area contributed by atoms with Crippen LogP contribution in [0, 0.1) is 12.7 Å². The molecule has 0 bridgehead atoms. The molecule has 2 aromatic carbocycles. The highest BCUT2D eigenvalue weighted by Crippen LogP contribution is 2.33. The van der Waals surface area contributed by atoms with E-state index in [1.54, 1.807) is 6.07 Å². The third-order valence-electron chi connectivity index (χ3n) is 3.86. The number of aliphatic hydroxyl groups excluding tert-OH is 1. The molecule has 0 unspecified atom stereocenters. The predicted molar refractivity (Wildman–Crippen MR) is 75.2 cm³/mol. The van der Waals surface area contributed by atoms with Crippen LogP contribution in [-0.4, -0.2) is 5.11 Å². The lowest BCUT2D eigenvalue weighted by atomic mass is 10.1. The zero-order valence-electron chi connectivity index (χ0n) is 11.4. The van der Waals surface area contributed by atoms with Crippen molar-refractivity contribution in [2.45, 2.75) is 32.5 Å². The quantitative estimate of drug-likeness (QED) is 0.923. The van der Waals surface area contributed by atoms with E-state index in [4.69, 9.17) is 4.74 Å². The van der Waals surface area contributed by atoms with Gasteiger partial charge in [-0.1, -0.05) is 12.1 Å². The van der Waals surface area contributed by atoms with Gasteiger partial charge in [0, 0.05) is 0 Å². The summed E-state index contributed by atoms with van der Waals surface area (Å²) in [5, 5.41) is 9.77. The Balaban J connectivity index is 1.73.